The summed E-state index contributed by atoms with van der Waals surface area (Å²) in [7, 11) is 1.98. The fourth-order valence-electron chi connectivity index (χ4n) is 4.96. The van der Waals surface area contributed by atoms with E-state index in [4.69, 9.17) is 10.1 Å². The summed E-state index contributed by atoms with van der Waals surface area (Å²) in [5.41, 5.74) is 10.9. The van der Waals surface area contributed by atoms with Crippen LogP contribution in [0.15, 0.2) is 91.0 Å². The lowest BCUT2D eigenvalue weighted by molar-refractivity contribution is 0.590. The van der Waals surface area contributed by atoms with E-state index in [9.17, 15) is 0 Å². The third-order valence-electron chi connectivity index (χ3n) is 7.40. The second kappa shape index (κ2) is 9.96. The number of hydrogen-bond donors (Lipinski definition) is 0. The molecule has 198 valence electrons. The van der Waals surface area contributed by atoms with Gasteiger partial charge < -0.3 is 0 Å². The average molecular weight is 514 g/mol. The van der Waals surface area contributed by atoms with E-state index in [1.807, 2.05) is 11.7 Å². The summed E-state index contributed by atoms with van der Waals surface area (Å²) in [5.74, 6) is 1.60. The maximum atomic E-state index is 5.01. The van der Waals surface area contributed by atoms with Crippen molar-refractivity contribution in [3.8, 4) is 45.0 Å². The minimum Gasteiger partial charge on any atom is -0.248 e. The van der Waals surface area contributed by atoms with Crippen molar-refractivity contribution in [2.24, 2.45) is 7.05 Å². The van der Waals surface area contributed by atoms with E-state index in [-0.39, 0.29) is 10.8 Å². The molecule has 0 unspecified atom stereocenters. The molecular formula is C36H39N3. The van der Waals surface area contributed by atoms with Gasteiger partial charge in [0.05, 0.1) is 0 Å². The van der Waals surface area contributed by atoms with Crippen molar-refractivity contribution in [3.63, 3.8) is 0 Å². The van der Waals surface area contributed by atoms with Crippen LogP contribution in [0.4, 0.5) is 0 Å². The molecule has 0 N–H and O–H groups in total. The van der Waals surface area contributed by atoms with Gasteiger partial charge in [-0.05, 0) is 75.4 Å². The summed E-state index contributed by atoms with van der Waals surface area (Å²) >= 11 is 0. The van der Waals surface area contributed by atoms with Crippen LogP contribution in [0.25, 0.3) is 45.0 Å². The van der Waals surface area contributed by atoms with E-state index < -0.39 is 0 Å². The van der Waals surface area contributed by atoms with Crippen molar-refractivity contribution in [1.29, 1.82) is 0 Å². The van der Waals surface area contributed by atoms with Crippen LogP contribution in [0.3, 0.4) is 0 Å². The maximum Gasteiger partial charge on any atom is 0.181 e. The number of nitrogens with zero attached hydrogens (tertiary/aromatic N) is 3. The molecule has 0 fully saturated rings. The van der Waals surface area contributed by atoms with Gasteiger partial charge in [0.15, 0.2) is 11.6 Å². The topological polar surface area (TPSA) is 30.7 Å². The summed E-state index contributed by atoms with van der Waals surface area (Å²) in [6, 6.07) is 33.1. The third kappa shape index (κ3) is 5.73. The Balaban J connectivity index is 1.64. The molecule has 0 spiro atoms. The Labute approximate surface area is 233 Å². The summed E-state index contributed by atoms with van der Waals surface area (Å²) in [5, 5.41) is 4.79. The Hall–Kier alpha value is -3.98. The smallest absolute Gasteiger partial charge is 0.181 e. The molecule has 0 saturated carbocycles. The molecule has 4 aromatic carbocycles. The fourth-order valence-corrected chi connectivity index (χ4v) is 4.96. The molecule has 0 radical (unpaired) electrons. The highest BCUT2D eigenvalue weighted by Gasteiger charge is 2.17. The third-order valence-corrected chi connectivity index (χ3v) is 7.40. The molecule has 1 heterocycles. The summed E-state index contributed by atoms with van der Waals surface area (Å²) in [6.45, 7) is 15.6. The molecular weight excluding hydrogens is 474 g/mol. The van der Waals surface area contributed by atoms with Crippen LogP contribution >= 0.6 is 0 Å². The van der Waals surface area contributed by atoms with E-state index in [1.54, 1.807) is 0 Å². The average Bonchev–Trinajstić information content (AvgIpc) is 3.29. The lowest BCUT2D eigenvalue weighted by Gasteiger charge is -2.20. The van der Waals surface area contributed by atoms with Gasteiger partial charge in [0.1, 0.15) is 0 Å². The van der Waals surface area contributed by atoms with Gasteiger partial charge in [-0.1, -0.05) is 114 Å². The van der Waals surface area contributed by atoms with Crippen LogP contribution in [0, 0.1) is 6.92 Å². The minimum atomic E-state index is 0.116. The molecule has 39 heavy (non-hydrogen) atoms. The van der Waals surface area contributed by atoms with Crippen LogP contribution in [0.1, 0.15) is 58.2 Å². The largest absolute Gasteiger partial charge is 0.248 e. The Kier molecular flexibility index (Phi) is 6.80. The van der Waals surface area contributed by atoms with Crippen molar-refractivity contribution < 1.29 is 0 Å². The van der Waals surface area contributed by atoms with Gasteiger partial charge in [-0.2, -0.15) is 5.10 Å². The van der Waals surface area contributed by atoms with Crippen LogP contribution in [0.5, 0.6) is 0 Å². The molecule has 1 aromatic heterocycles. The lowest BCUT2D eigenvalue weighted by atomic mass is 9.85. The number of hydrogen-bond acceptors (Lipinski definition) is 2. The van der Waals surface area contributed by atoms with Gasteiger partial charge in [-0.25, -0.2) is 9.67 Å². The zero-order valence-electron chi connectivity index (χ0n) is 24.5. The summed E-state index contributed by atoms with van der Waals surface area (Å²) < 4.78 is 1.89. The summed E-state index contributed by atoms with van der Waals surface area (Å²) in [6.07, 6.45) is 0. The normalized spacial score (nSPS) is 12.1. The number of aryl methyl sites for hydroxylation is 2. The highest BCUT2D eigenvalue weighted by molar-refractivity contribution is 5.80. The molecule has 0 aliphatic heterocycles. The van der Waals surface area contributed by atoms with Crippen molar-refractivity contribution in [1.82, 2.24) is 14.8 Å². The Morgan fingerprint density at radius 1 is 0.538 bits per heavy atom. The predicted octanol–water partition coefficient (Wildman–Crippen LogP) is 9.39. The summed E-state index contributed by atoms with van der Waals surface area (Å²) in [4.78, 5) is 5.01. The van der Waals surface area contributed by atoms with Gasteiger partial charge in [-0.15, -0.1) is 0 Å². The molecule has 0 bridgehead atoms. The monoisotopic (exact) mass is 513 g/mol. The van der Waals surface area contributed by atoms with E-state index in [1.165, 1.54) is 38.9 Å². The van der Waals surface area contributed by atoms with Gasteiger partial charge >= 0.3 is 0 Å². The van der Waals surface area contributed by atoms with Gasteiger partial charge in [0, 0.05) is 18.2 Å². The van der Waals surface area contributed by atoms with Crippen LogP contribution < -0.4 is 0 Å². The minimum absolute atomic E-state index is 0.116. The van der Waals surface area contributed by atoms with E-state index in [0.29, 0.717) is 0 Å². The molecule has 0 aliphatic rings. The van der Waals surface area contributed by atoms with Crippen molar-refractivity contribution in [2.45, 2.75) is 59.3 Å². The zero-order chi connectivity index (χ0) is 27.9. The molecule has 5 rings (SSSR count). The van der Waals surface area contributed by atoms with Gasteiger partial charge in [0.25, 0.3) is 0 Å². The first-order chi connectivity index (χ1) is 18.4. The maximum absolute atomic E-state index is 5.01. The van der Waals surface area contributed by atoms with E-state index >= 15 is 0 Å². The molecule has 0 atom stereocenters. The standard InChI is InChI=1S/C36H39N3/c1-24-10-9-11-27(20-24)33-37-34(39(8)38-33)30-22-28(25-12-16-31(17-13-25)35(2,3)4)21-29(23-30)26-14-18-32(19-15-26)36(5,6)7/h9-23H,1-8H3. The van der Waals surface area contributed by atoms with Crippen LogP contribution in [-0.4, -0.2) is 14.8 Å². The first-order valence-corrected chi connectivity index (χ1v) is 13.7. The molecule has 0 saturated heterocycles. The molecule has 3 nitrogen and oxygen atoms in total. The Morgan fingerprint density at radius 3 is 1.49 bits per heavy atom. The van der Waals surface area contributed by atoms with Gasteiger partial charge in [0.2, 0.25) is 0 Å². The quantitative estimate of drug-likeness (QED) is 0.240. The first-order valence-electron chi connectivity index (χ1n) is 13.7. The van der Waals surface area contributed by atoms with Gasteiger partial charge in [-0.3, -0.25) is 0 Å². The second-order valence-corrected chi connectivity index (χ2v) is 12.7. The molecule has 0 aliphatic carbocycles. The number of aromatic nitrogens is 3. The SMILES string of the molecule is Cc1cccc(-c2nc(-c3cc(-c4ccc(C(C)(C)C)cc4)cc(-c4ccc(C(C)(C)C)cc4)c3)n(C)n2)c1. The van der Waals surface area contributed by atoms with Crippen molar-refractivity contribution in [2.75, 3.05) is 0 Å². The second-order valence-electron chi connectivity index (χ2n) is 12.7. The number of benzene rings is 4. The number of rotatable bonds is 4. The lowest BCUT2D eigenvalue weighted by Crippen LogP contribution is -2.10. The molecule has 3 heteroatoms. The van der Waals surface area contributed by atoms with E-state index in [2.05, 4.69) is 139 Å². The van der Waals surface area contributed by atoms with E-state index in [0.717, 1.165) is 22.8 Å². The fraction of sp³-hybridized carbons (Fsp3) is 0.278. The molecule has 5 aromatic rings. The first kappa shape index (κ1) is 26.6. The van der Waals surface area contributed by atoms with Crippen molar-refractivity contribution in [3.05, 3.63) is 108 Å². The predicted molar refractivity (Wildman–Crippen MR) is 165 cm³/mol. The Morgan fingerprint density at radius 2 is 1.03 bits per heavy atom. The highest BCUT2D eigenvalue weighted by atomic mass is 15.3. The zero-order valence-corrected chi connectivity index (χ0v) is 24.5. The highest BCUT2D eigenvalue weighted by Crippen LogP contribution is 2.35. The Bertz CT molecular complexity index is 1530. The molecule has 0 amide bonds. The van der Waals surface area contributed by atoms with Crippen LogP contribution in [0.2, 0.25) is 0 Å². The van der Waals surface area contributed by atoms with Crippen molar-refractivity contribution >= 4 is 0 Å². The van der Waals surface area contributed by atoms with Crippen LogP contribution in [-0.2, 0) is 17.9 Å².